The molecule has 0 unspecified atom stereocenters. The molecule has 1 amide bonds. The fraction of sp³-hybridized carbons (Fsp3) is 0.292. The highest BCUT2D eigenvalue weighted by molar-refractivity contribution is 5.99. The van der Waals surface area contributed by atoms with Gasteiger partial charge >= 0.3 is 0 Å². The van der Waals surface area contributed by atoms with E-state index in [1.165, 1.54) is 19.2 Å². The summed E-state index contributed by atoms with van der Waals surface area (Å²) >= 11 is 0. The van der Waals surface area contributed by atoms with Crippen molar-refractivity contribution < 1.29 is 18.7 Å². The number of hydrogen-bond acceptors (Lipinski definition) is 5. The van der Waals surface area contributed by atoms with Gasteiger partial charge in [-0.25, -0.2) is 9.07 Å². The number of hydrogen-bond donors (Lipinski definition) is 0. The Bertz CT molecular complexity index is 1230. The second-order valence-electron chi connectivity index (χ2n) is 8.00. The first-order valence-corrected chi connectivity index (χ1v) is 10.3. The molecule has 0 spiro atoms. The summed E-state index contributed by atoms with van der Waals surface area (Å²) in [5.74, 6) is -0.263. The van der Waals surface area contributed by atoms with Gasteiger partial charge in [0.05, 0.1) is 42.8 Å². The standard InChI is InChI=1S/C24H21FN4O3/c1-31-22-16(11-26)7-8-19(24(25)14-32-15-24)21(22)23(30)28-10-9-20-17(12-28)13-29(27-20)18-5-3-2-4-6-18/h2-8,13H,9-10,12,14-15H2,1H3. The molecule has 0 radical (unpaired) electrons. The maximum absolute atomic E-state index is 15.4. The van der Waals surface area contributed by atoms with Gasteiger partial charge in [0.25, 0.3) is 5.91 Å². The molecule has 2 aliphatic rings. The van der Waals surface area contributed by atoms with E-state index in [0.29, 0.717) is 19.5 Å². The van der Waals surface area contributed by atoms with Crippen LogP contribution >= 0.6 is 0 Å². The fourth-order valence-electron chi connectivity index (χ4n) is 4.26. The minimum absolute atomic E-state index is 0.0938. The predicted molar refractivity (Wildman–Crippen MR) is 113 cm³/mol. The van der Waals surface area contributed by atoms with E-state index in [1.807, 2.05) is 47.3 Å². The molecule has 1 saturated heterocycles. The molecule has 1 aromatic heterocycles. The van der Waals surface area contributed by atoms with Gasteiger partial charge in [-0.3, -0.25) is 4.79 Å². The smallest absolute Gasteiger partial charge is 0.258 e. The summed E-state index contributed by atoms with van der Waals surface area (Å²) in [7, 11) is 1.39. The molecule has 32 heavy (non-hydrogen) atoms. The molecule has 0 aliphatic carbocycles. The van der Waals surface area contributed by atoms with Gasteiger partial charge in [0.1, 0.15) is 11.8 Å². The van der Waals surface area contributed by atoms with E-state index < -0.39 is 5.67 Å². The lowest BCUT2D eigenvalue weighted by Crippen LogP contribution is -2.45. The number of methoxy groups -OCH3 is 1. The number of nitriles is 1. The number of aromatic nitrogens is 2. The van der Waals surface area contributed by atoms with E-state index in [1.54, 1.807) is 4.90 Å². The number of amides is 1. The molecule has 5 rings (SSSR count). The van der Waals surface area contributed by atoms with Crippen molar-refractivity contribution in [2.24, 2.45) is 0 Å². The highest BCUT2D eigenvalue weighted by atomic mass is 19.1. The zero-order chi connectivity index (χ0) is 22.3. The Labute approximate surface area is 184 Å². The highest BCUT2D eigenvalue weighted by Gasteiger charge is 2.45. The molecule has 2 aromatic carbocycles. The maximum Gasteiger partial charge on any atom is 0.258 e. The van der Waals surface area contributed by atoms with E-state index in [4.69, 9.17) is 9.47 Å². The first-order chi connectivity index (χ1) is 15.5. The van der Waals surface area contributed by atoms with E-state index in [0.717, 1.165) is 16.9 Å². The molecule has 1 fully saturated rings. The molecule has 0 saturated carbocycles. The monoisotopic (exact) mass is 432 g/mol. The number of nitrogens with zero attached hydrogens (tertiary/aromatic N) is 4. The zero-order valence-electron chi connectivity index (χ0n) is 17.5. The minimum Gasteiger partial charge on any atom is -0.495 e. The average molecular weight is 432 g/mol. The van der Waals surface area contributed by atoms with Crippen molar-refractivity contribution >= 4 is 5.91 Å². The van der Waals surface area contributed by atoms with Crippen LogP contribution in [0.25, 0.3) is 5.69 Å². The summed E-state index contributed by atoms with van der Waals surface area (Å²) in [5, 5.41) is 14.2. The summed E-state index contributed by atoms with van der Waals surface area (Å²) in [5.41, 5.74) is 1.53. The van der Waals surface area contributed by atoms with Gasteiger partial charge in [0, 0.05) is 36.8 Å². The summed E-state index contributed by atoms with van der Waals surface area (Å²) < 4.78 is 27.7. The summed E-state index contributed by atoms with van der Waals surface area (Å²) in [4.78, 5) is 15.3. The van der Waals surface area contributed by atoms with Crippen molar-refractivity contribution in [1.82, 2.24) is 14.7 Å². The lowest BCUT2D eigenvalue weighted by Gasteiger charge is -2.36. The first-order valence-electron chi connectivity index (χ1n) is 10.3. The van der Waals surface area contributed by atoms with Crippen molar-refractivity contribution in [3.8, 4) is 17.5 Å². The molecule has 0 N–H and O–H groups in total. The molecule has 0 atom stereocenters. The van der Waals surface area contributed by atoms with Crippen LogP contribution in [0.2, 0.25) is 0 Å². The van der Waals surface area contributed by atoms with Crippen LogP contribution in [0.1, 0.15) is 32.7 Å². The minimum atomic E-state index is -1.77. The van der Waals surface area contributed by atoms with Crippen LogP contribution in [0.15, 0.2) is 48.7 Å². The molecular formula is C24H21FN4O3. The molecule has 3 heterocycles. The van der Waals surface area contributed by atoms with E-state index in [-0.39, 0.29) is 41.6 Å². The highest BCUT2D eigenvalue weighted by Crippen LogP contribution is 2.41. The third-order valence-electron chi connectivity index (χ3n) is 6.01. The number of alkyl halides is 1. The van der Waals surface area contributed by atoms with E-state index >= 15 is 4.39 Å². The third-order valence-corrected chi connectivity index (χ3v) is 6.01. The van der Waals surface area contributed by atoms with Gasteiger partial charge in [-0.2, -0.15) is 10.4 Å². The van der Waals surface area contributed by atoms with Crippen LogP contribution in [-0.4, -0.2) is 47.5 Å². The average Bonchev–Trinajstić information content (AvgIpc) is 3.25. The fourth-order valence-corrected chi connectivity index (χ4v) is 4.26. The predicted octanol–water partition coefficient (Wildman–Crippen LogP) is 3.15. The number of para-hydroxylation sites is 1. The van der Waals surface area contributed by atoms with Crippen LogP contribution < -0.4 is 4.74 Å². The number of benzene rings is 2. The molecule has 162 valence electrons. The van der Waals surface area contributed by atoms with Crippen LogP contribution in [0.5, 0.6) is 5.75 Å². The van der Waals surface area contributed by atoms with Crippen molar-refractivity contribution in [1.29, 1.82) is 5.26 Å². The van der Waals surface area contributed by atoms with Gasteiger partial charge in [-0.1, -0.05) is 24.3 Å². The Morgan fingerprint density at radius 1 is 1.25 bits per heavy atom. The van der Waals surface area contributed by atoms with Crippen molar-refractivity contribution in [2.45, 2.75) is 18.6 Å². The van der Waals surface area contributed by atoms with E-state index in [9.17, 15) is 10.1 Å². The SMILES string of the molecule is COc1c(C#N)ccc(C2(F)COC2)c1C(=O)N1CCc2nn(-c3ccccc3)cc2C1. The molecule has 2 aliphatic heterocycles. The first kappa shape index (κ1) is 20.2. The summed E-state index contributed by atoms with van der Waals surface area (Å²) in [6.45, 7) is 0.523. The Hall–Kier alpha value is -3.70. The second-order valence-corrected chi connectivity index (χ2v) is 8.00. The molecule has 7 nitrogen and oxygen atoms in total. The number of carbonyl (C=O) groups excluding carboxylic acids is 1. The second kappa shape index (κ2) is 7.77. The summed E-state index contributed by atoms with van der Waals surface area (Å²) in [6, 6.07) is 14.8. The van der Waals surface area contributed by atoms with Gasteiger partial charge in [-0.05, 0) is 18.2 Å². The van der Waals surface area contributed by atoms with Crippen LogP contribution in [0, 0.1) is 11.3 Å². The Kier molecular flexibility index (Phi) is 4.91. The molecule has 8 heteroatoms. The molecule has 0 bridgehead atoms. The lowest BCUT2D eigenvalue weighted by atomic mass is 9.87. The Morgan fingerprint density at radius 2 is 2.03 bits per heavy atom. The van der Waals surface area contributed by atoms with E-state index in [2.05, 4.69) is 5.10 Å². The van der Waals surface area contributed by atoms with Gasteiger partial charge < -0.3 is 14.4 Å². The zero-order valence-corrected chi connectivity index (χ0v) is 17.5. The number of fused-ring (bicyclic) bond motifs is 1. The topological polar surface area (TPSA) is 80.4 Å². The number of ether oxygens (including phenoxy) is 2. The van der Waals surface area contributed by atoms with Crippen molar-refractivity contribution in [3.63, 3.8) is 0 Å². The summed E-state index contributed by atoms with van der Waals surface area (Å²) in [6.07, 6.45) is 2.50. The largest absolute Gasteiger partial charge is 0.495 e. The normalized spacial score (nSPS) is 16.6. The van der Waals surface area contributed by atoms with Crippen LogP contribution in [0.3, 0.4) is 0 Å². The van der Waals surface area contributed by atoms with Crippen molar-refractivity contribution in [3.05, 3.63) is 76.6 Å². The van der Waals surface area contributed by atoms with Crippen LogP contribution in [0.4, 0.5) is 4.39 Å². The molecular weight excluding hydrogens is 411 g/mol. The number of rotatable bonds is 4. The van der Waals surface area contributed by atoms with Gasteiger partial charge in [-0.15, -0.1) is 0 Å². The lowest BCUT2D eigenvalue weighted by molar-refractivity contribution is -0.135. The van der Waals surface area contributed by atoms with Crippen LogP contribution in [-0.2, 0) is 23.4 Å². The van der Waals surface area contributed by atoms with Gasteiger partial charge in [0.2, 0.25) is 0 Å². The quantitative estimate of drug-likeness (QED) is 0.633. The third kappa shape index (κ3) is 3.22. The Balaban J connectivity index is 1.51. The Morgan fingerprint density at radius 3 is 2.69 bits per heavy atom. The number of carbonyl (C=O) groups is 1. The number of halogens is 1. The van der Waals surface area contributed by atoms with Crippen molar-refractivity contribution in [2.75, 3.05) is 26.9 Å². The molecule has 3 aromatic rings. The van der Waals surface area contributed by atoms with Gasteiger partial charge in [0.15, 0.2) is 5.67 Å². The maximum atomic E-state index is 15.4.